The van der Waals surface area contributed by atoms with Gasteiger partial charge in [0.05, 0.1) is 6.61 Å². The zero-order valence-electron chi connectivity index (χ0n) is 21.2. The van der Waals surface area contributed by atoms with Gasteiger partial charge in [-0.25, -0.2) is 13.2 Å². The summed E-state index contributed by atoms with van der Waals surface area (Å²) in [5.74, 6) is -1.93. The molecule has 5 nitrogen and oxygen atoms in total. The molecule has 0 amide bonds. The number of carbonyl (C=O) groups is 1. The molecule has 0 bridgehead atoms. The van der Waals surface area contributed by atoms with Gasteiger partial charge in [0.1, 0.15) is 23.2 Å². The maximum atomic E-state index is 14.4. The molecular weight excluding hydrogens is 507 g/mol. The number of carboxylic acids is 1. The monoisotopic (exact) mass is 535 g/mol. The van der Waals surface area contributed by atoms with Gasteiger partial charge in [0.2, 0.25) is 0 Å². The molecule has 1 heterocycles. The van der Waals surface area contributed by atoms with Gasteiger partial charge >= 0.3 is 5.97 Å². The van der Waals surface area contributed by atoms with E-state index in [1.807, 2.05) is 0 Å². The van der Waals surface area contributed by atoms with Crippen LogP contribution in [0.15, 0.2) is 89.9 Å². The number of hydrogen-bond donors (Lipinski definition) is 1. The van der Waals surface area contributed by atoms with Crippen LogP contribution in [0.5, 0.6) is 5.75 Å². The first-order chi connectivity index (χ1) is 18.8. The van der Waals surface area contributed by atoms with E-state index in [-0.39, 0.29) is 42.0 Å². The molecule has 202 valence electrons. The first-order valence-electron chi connectivity index (χ1n) is 12.6. The van der Waals surface area contributed by atoms with E-state index in [1.165, 1.54) is 42.5 Å². The van der Waals surface area contributed by atoms with Crippen molar-refractivity contribution in [2.75, 3.05) is 6.61 Å². The molecule has 1 aromatic heterocycles. The van der Waals surface area contributed by atoms with Crippen LogP contribution in [0, 0.1) is 17.5 Å². The van der Waals surface area contributed by atoms with Crippen LogP contribution in [0.2, 0.25) is 0 Å². The highest BCUT2D eigenvalue weighted by Gasteiger charge is 2.18. The van der Waals surface area contributed by atoms with Crippen molar-refractivity contribution < 1.29 is 27.8 Å². The fraction of sp³-hybridized carbons (Fsp3) is 0.226. The van der Waals surface area contributed by atoms with Crippen molar-refractivity contribution in [2.45, 2.75) is 38.1 Å². The van der Waals surface area contributed by atoms with Gasteiger partial charge in [0, 0.05) is 31.1 Å². The topological polar surface area (TPSA) is 68.5 Å². The highest BCUT2D eigenvalue weighted by atomic mass is 19.1. The molecule has 0 aliphatic heterocycles. The fourth-order valence-corrected chi connectivity index (χ4v) is 4.47. The summed E-state index contributed by atoms with van der Waals surface area (Å²) in [6.07, 6.45) is 2.90. The van der Waals surface area contributed by atoms with E-state index in [0.717, 1.165) is 16.7 Å². The minimum atomic E-state index is -0.903. The summed E-state index contributed by atoms with van der Waals surface area (Å²) in [6, 6.07) is 19.7. The third-order valence-electron chi connectivity index (χ3n) is 6.41. The second-order valence-electron chi connectivity index (χ2n) is 9.23. The molecule has 3 aromatic carbocycles. The predicted octanol–water partition coefficient (Wildman–Crippen LogP) is 6.32. The third kappa shape index (κ3) is 7.60. The van der Waals surface area contributed by atoms with Crippen molar-refractivity contribution in [1.82, 2.24) is 4.57 Å². The molecule has 0 aliphatic rings. The Kier molecular flexibility index (Phi) is 9.20. The molecule has 0 saturated heterocycles. The summed E-state index contributed by atoms with van der Waals surface area (Å²) in [5.41, 5.74) is 2.57. The Morgan fingerprint density at radius 1 is 0.821 bits per heavy atom. The van der Waals surface area contributed by atoms with Crippen molar-refractivity contribution in [3.8, 4) is 5.75 Å². The number of halogens is 3. The Labute approximate surface area is 224 Å². The molecule has 39 heavy (non-hydrogen) atoms. The maximum Gasteiger partial charge on any atom is 0.303 e. The lowest BCUT2D eigenvalue weighted by molar-refractivity contribution is -0.137. The molecule has 1 N–H and O–H groups in total. The number of aromatic nitrogens is 1. The number of nitrogens with zero attached hydrogens (tertiary/aromatic N) is 1. The molecular formula is C31H28F3NO4. The van der Waals surface area contributed by atoms with E-state index < -0.39 is 5.97 Å². The van der Waals surface area contributed by atoms with E-state index in [9.17, 15) is 22.8 Å². The summed E-state index contributed by atoms with van der Waals surface area (Å²) < 4.78 is 48.7. The summed E-state index contributed by atoms with van der Waals surface area (Å²) in [4.78, 5) is 23.3. The lowest BCUT2D eigenvalue weighted by atomic mass is 9.86. The first kappa shape index (κ1) is 27.7. The van der Waals surface area contributed by atoms with Crippen LogP contribution in [0.25, 0.3) is 0 Å². The Balaban J connectivity index is 1.50. The zero-order chi connectivity index (χ0) is 27.8. The van der Waals surface area contributed by atoms with Gasteiger partial charge in [-0.05, 0) is 84.0 Å². The summed E-state index contributed by atoms with van der Waals surface area (Å²) in [5, 5.41) is 8.73. The number of aliphatic carboxylic acids is 1. The minimum absolute atomic E-state index is 0.00888. The van der Waals surface area contributed by atoms with Crippen LogP contribution in [0.4, 0.5) is 13.2 Å². The van der Waals surface area contributed by atoms with E-state index in [0.29, 0.717) is 37.1 Å². The molecule has 0 unspecified atom stereocenters. The number of ether oxygens (including phenoxy) is 1. The Bertz CT molecular complexity index is 1420. The van der Waals surface area contributed by atoms with Gasteiger partial charge in [-0.1, -0.05) is 30.3 Å². The number of rotatable bonds is 12. The number of aryl methyl sites for hydroxylation is 2. The Morgan fingerprint density at radius 2 is 1.44 bits per heavy atom. The third-order valence-corrected chi connectivity index (χ3v) is 6.41. The van der Waals surface area contributed by atoms with E-state index >= 15 is 0 Å². The van der Waals surface area contributed by atoms with Gasteiger partial charge < -0.3 is 14.4 Å². The standard InChI is InChI=1S/C31H28F3NO4/c32-25-10-5-21(6-11-25)31(22-7-12-26(33)13-8-22)24-9-16-29(36)35(20-24)17-1-3-23-19-27(14-15-28(23)34)39-18-2-4-30(37)38/h5-16,19-20,31H,1-4,17-18H2,(H,37,38). The van der Waals surface area contributed by atoms with Crippen LogP contribution in [-0.4, -0.2) is 22.2 Å². The number of pyridine rings is 1. The van der Waals surface area contributed by atoms with Crippen LogP contribution < -0.4 is 10.3 Å². The van der Waals surface area contributed by atoms with Crippen molar-refractivity contribution in [1.29, 1.82) is 0 Å². The smallest absolute Gasteiger partial charge is 0.303 e. The summed E-state index contributed by atoms with van der Waals surface area (Å²) in [6.45, 7) is 0.540. The van der Waals surface area contributed by atoms with Gasteiger partial charge in [-0.2, -0.15) is 0 Å². The number of carboxylic acid groups (broad SMARTS) is 1. The van der Waals surface area contributed by atoms with Gasteiger partial charge in [0.25, 0.3) is 5.56 Å². The highest BCUT2D eigenvalue weighted by Crippen LogP contribution is 2.32. The minimum Gasteiger partial charge on any atom is -0.494 e. The zero-order valence-corrected chi connectivity index (χ0v) is 21.2. The normalized spacial score (nSPS) is 11.1. The Hall–Kier alpha value is -4.33. The molecule has 4 rings (SSSR count). The quantitative estimate of drug-likeness (QED) is 0.216. The van der Waals surface area contributed by atoms with Crippen molar-refractivity contribution >= 4 is 5.97 Å². The van der Waals surface area contributed by atoms with E-state index in [1.54, 1.807) is 47.2 Å². The van der Waals surface area contributed by atoms with Crippen LogP contribution >= 0.6 is 0 Å². The van der Waals surface area contributed by atoms with Gasteiger partial charge in [-0.15, -0.1) is 0 Å². The largest absolute Gasteiger partial charge is 0.494 e. The molecule has 0 spiro atoms. The molecule has 0 aliphatic carbocycles. The fourth-order valence-electron chi connectivity index (χ4n) is 4.47. The second kappa shape index (κ2) is 13.0. The Morgan fingerprint density at radius 3 is 2.05 bits per heavy atom. The van der Waals surface area contributed by atoms with Crippen molar-refractivity contribution in [2.24, 2.45) is 0 Å². The summed E-state index contributed by atoms with van der Waals surface area (Å²) in [7, 11) is 0. The highest BCUT2D eigenvalue weighted by molar-refractivity contribution is 5.66. The van der Waals surface area contributed by atoms with E-state index in [4.69, 9.17) is 9.84 Å². The predicted molar refractivity (Wildman–Crippen MR) is 142 cm³/mol. The molecule has 0 fully saturated rings. The lowest BCUT2D eigenvalue weighted by Crippen LogP contribution is -2.20. The first-order valence-corrected chi connectivity index (χ1v) is 12.6. The number of benzene rings is 3. The molecule has 8 heteroatoms. The lowest BCUT2D eigenvalue weighted by Gasteiger charge is -2.20. The SMILES string of the molecule is O=C(O)CCCOc1ccc(F)c(CCCn2cc(C(c3ccc(F)cc3)c3ccc(F)cc3)ccc2=O)c1. The average Bonchev–Trinajstić information content (AvgIpc) is 2.92. The van der Waals surface area contributed by atoms with Gasteiger partial charge in [-0.3, -0.25) is 9.59 Å². The van der Waals surface area contributed by atoms with Gasteiger partial charge in [0.15, 0.2) is 0 Å². The molecule has 0 saturated carbocycles. The van der Waals surface area contributed by atoms with Crippen molar-refractivity contribution in [3.05, 3.63) is 135 Å². The van der Waals surface area contributed by atoms with E-state index in [2.05, 4.69) is 0 Å². The maximum absolute atomic E-state index is 14.4. The molecule has 0 atom stereocenters. The number of hydrogen-bond acceptors (Lipinski definition) is 3. The van der Waals surface area contributed by atoms with Crippen LogP contribution in [0.3, 0.4) is 0 Å². The summed E-state index contributed by atoms with van der Waals surface area (Å²) >= 11 is 0. The van der Waals surface area contributed by atoms with Crippen LogP contribution in [-0.2, 0) is 17.8 Å². The molecule has 0 radical (unpaired) electrons. The molecule has 4 aromatic rings. The van der Waals surface area contributed by atoms with Crippen LogP contribution in [0.1, 0.15) is 47.4 Å². The second-order valence-corrected chi connectivity index (χ2v) is 9.23. The average molecular weight is 536 g/mol. The van der Waals surface area contributed by atoms with Crippen molar-refractivity contribution in [3.63, 3.8) is 0 Å².